The van der Waals surface area contributed by atoms with Crippen molar-refractivity contribution in [3.05, 3.63) is 65.2 Å². The van der Waals surface area contributed by atoms with Crippen molar-refractivity contribution in [2.75, 3.05) is 26.7 Å². The third kappa shape index (κ3) is 7.37. The first-order chi connectivity index (χ1) is 19.2. The van der Waals surface area contributed by atoms with Crippen LogP contribution in [0.15, 0.2) is 48.5 Å². The molecule has 2 aliphatic rings. The molecule has 11 nitrogen and oxygen atoms in total. The smallest absolute Gasteiger partial charge is 0.255 e. The molecule has 212 valence electrons. The number of likely N-dealkylation sites (tertiary alicyclic amines) is 1. The summed E-state index contributed by atoms with van der Waals surface area (Å²) in [7, 11) is 1.60. The van der Waals surface area contributed by atoms with Gasteiger partial charge in [-0.25, -0.2) is 0 Å². The normalized spacial score (nSPS) is 20.6. The van der Waals surface area contributed by atoms with E-state index in [1.807, 2.05) is 29.2 Å². The van der Waals surface area contributed by atoms with E-state index in [4.69, 9.17) is 4.74 Å². The van der Waals surface area contributed by atoms with Crippen LogP contribution < -0.4 is 20.7 Å². The highest BCUT2D eigenvalue weighted by molar-refractivity contribution is 6.01. The fraction of sp³-hybridized carbons (Fsp3) is 0.414. The van der Waals surface area contributed by atoms with Gasteiger partial charge in [0.15, 0.2) is 0 Å². The number of hydrogen-bond donors (Lipinski definition) is 3. The van der Waals surface area contributed by atoms with Crippen LogP contribution in [0.1, 0.15) is 47.7 Å². The van der Waals surface area contributed by atoms with E-state index in [0.717, 1.165) is 24.1 Å². The molecule has 0 saturated carbocycles. The van der Waals surface area contributed by atoms with Gasteiger partial charge < -0.3 is 30.5 Å². The third-order valence-electron chi connectivity index (χ3n) is 6.99. The van der Waals surface area contributed by atoms with E-state index < -0.39 is 29.8 Å². The number of nitrogens with zero attached hydrogens (tertiary/aromatic N) is 2. The molecule has 40 heavy (non-hydrogen) atoms. The minimum Gasteiger partial charge on any atom is -0.491 e. The molecular formula is C29H35N5O6. The van der Waals surface area contributed by atoms with Gasteiger partial charge in [0.2, 0.25) is 23.6 Å². The number of carbonyl (C=O) groups excluding carboxylic acids is 5. The van der Waals surface area contributed by atoms with Crippen LogP contribution in [0.4, 0.5) is 0 Å². The molecule has 0 bridgehead atoms. The summed E-state index contributed by atoms with van der Waals surface area (Å²) < 4.78 is 5.77. The lowest BCUT2D eigenvalue weighted by atomic mass is 10.1. The van der Waals surface area contributed by atoms with E-state index in [2.05, 4.69) is 16.0 Å². The molecule has 0 aromatic heterocycles. The van der Waals surface area contributed by atoms with Crippen LogP contribution in [0, 0.1) is 0 Å². The van der Waals surface area contributed by atoms with E-state index in [-0.39, 0.29) is 43.5 Å². The number of para-hydroxylation sites is 1. The monoisotopic (exact) mass is 549 g/mol. The van der Waals surface area contributed by atoms with E-state index in [1.54, 1.807) is 38.2 Å². The molecule has 1 fully saturated rings. The van der Waals surface area contributed by atoms with Crippen molar-refractivity contribution >= 4 is 29.5 Å². The Balaban J connectivity index is 1.45. The number of fused-ring (bicyclic) bond motifs is 1. The number of amides is 5. The maximum atomic E-state index is 13.2. The van der Waals surface area contributed by atoms with Crippen LogP contribution in [0.5, 0.6) is 5.75 Å². The lowest BCUT2D eigenvalue weighted by Crippen LogP contribution is -2.52. The van der Waals surface area contributed by atoms with Gasteiger partial charge in [-0.05, 0) is 36.6 Å². The zero-order valence-corrected chi connectivity index (χ0v) is 22.8. The number of nitrogens with one attached hydrogen (secondary N) is 3. The zero-order chi connectivity index (χ0) is 28.6. The van der Waals surface area contributed by atoms with Gasteiger partial charge in [-0.2, -0.15) is 0 Å². The number of carbonyl (C=O) groups is 5. The summed E-state index contributed by atoms with van der Waals surface area (Å²) in [4.78, 5) is 67.0. The summed E-state index contributed by atoms with van der Waals surface area (Å²) in [6.07, 6.45) is 1.11. The van der Waals surface area contributed by atoms with Crippen LogP contribution in [-0.2, 0) is 32.3 Å². The number of likely N-dealkylation sites (N-methyl/N-ethyl adjacent to an activating group) is 1. The Hall–Kier alpha value is -4.41. The molecule has 3 N–H and O–H groups in total. The third-order valence-corrected chi connectivity index (χ3v) is 6.99. The molecule has 2 aromatic carbocycles. The summed E-state index contributed by atoms with van der Waals surface area (Å²) >= 11 is 0. The van der Waals surface area contributed by atoms with Crippen molar-refractivity contribution < 1.29 is 28.7 Å². The first kappa shape index (κ1) is 28.6. The number of hydrogen-bond acceptors (Lipinski definition) is 6. The summed E-state index contributed by atoms with van der Waals surface area (Å²) in [5.41, 5.74) is 2.03. The molecule has 11 heteroatoms. The van der Waals surface area contributed by atoms with Crippen molar-refractivity contribution in [1.29, 1.82) is 0 Å². The highest BCUT2D eigenvalue weighted by Crippen LogP contribution is 2.19. The molecule has 2 aliphatic heterocycles. The van der Waals surface area contributed by atoms with Gasteiger partial charge >= 0.3 is 0 Å². The maximum absolute atomic E-state index is 13.2. The largest absolute Gasteiger partial charge is 0.491 e. The molecule has 5 amide bonds. The Morgan fingerprint density at radius 1 is 1.00 bits per heavy atom. The molecule has 2 heterocycles. The average Bonchev–Trinajstić information content (AvgIpc) is 3.35. The predicted octanol–water partition coefficient (Wildman–Crippen LogP) is 0.969. The molecule has 2 atom stereocenters. The maximum Gasteiger partial charge on any atom is 0.255 e. The van der Waals surface area contributed by atoms with Crippen LogP contribution in [0.25, 0.3) is 0 Å². The molecular weight excluding hydrogens is 514 g/mol. The van der Waals surface area contributed by atoms with E-state index in [0.29, 0.717) is 18.7 Å². The Morgan fingerprint density at radius 3 is 2.45 bits per heavy atom. The summed E-state index contributed by atoms with van der Waals surface area (Å²) in [6, 6.07) is 12.2. The Bertz CT molecular complexity index is 1260. The van der Waals surface area contributed by atoms with Crippen molar-refractivity contribution in [3.8, 4) is 5.75 Å². The van der Waals surface area contributed by atoms with Crippen LogP contribution in [0.3, 0.4) is 0 Å². The summed E-state index contributed by atoms with van der Waals surface area (Å²) in [5.74, 6) is -1.48. The first-order valence-corrected chi connectivity index (χ1v) is 13.4. The number of ether oxygens (including phenoxy) is 1. The lowest BCUT2D eigenvalue weighted by Gasteiger charge is -2.25. The van der Waals surface area contributed by atoms with Gasteiger partial charge in [0.1, 0.15) is 24.4 Å². The molecule has 0 radical (unpaired) electrons. The highest BCUT2D eigenvalue weighted by Gasteiger charge is 2.28. The first-order valence-electron chi connectivity index (χ1n) is 13.4. The summed E-state index contributed by atoms with van der Waals surface area (Å²) in [5, 5.41) is 8.06. The van der Waals surface area contributed by atoms with Crippen LogP contribution >= 0.6 is 0 Å². The molecule has 2 aromatic rings. The Morgan fingerprint density at radius 2 is 1.73 bits per heavy atom. The van der Waals surface area contributed by atoms with Gasteiger partial charge in [-0.15, -0.1) is 0 Å². The van der Waals surface area contributed by atoms with Gasteiger partial charge in [-0.3, -0.25) is 24.0 Å². The second-order valence-electron chi connectivity index (χ2n) is 10.1. The number of rotatable bonds is 5. The Labute approximate surface area is 233 Å². The fourth-order valence-corrected chi connectivity index (χ4v) is 4.67. The van der Waals surface area contributed by atoms with Crippen LogP contribution in [-0.4, -0.2) is 78.2 Å². The van der Waals surface area contributed by atoms with Crippen molar-refractivity contribution in [1.82, 2.24) is 25.8 Å². The zero-order valence-electron chi connectivity index (χ0n) is 22.8. The predicted molar refractivity (Wildman–Crippen MR) is 146 cm³/mol. The van der Waals surface area contributed by atoms with Gasteiger partial charge in [-0.1, -0.05) is 36.4 Å². The quantitative estimate of drug-likeness (QED) is 0.508. The van der Waals surface area contributed by atoms with E-state index in [9.17, 15) is 24.0 Å². The summed E-state index contributed by atoms with van der Waals surface area (Å²) in [6.45, 7) is 3.46. The lowest BCUT2D eigenvalue weighted by molar-refractivity contribution is -0.135. The van der Waals surface area contributed by atoms with E-state index >= 15 is 0 Å². The van der Waals surface area contributed by atoms with Crippen LogP contribution in [0.2, 0.25) is 0 Å². The molecule has 0 unspecified atom stereocenters. The molecule has 0 aliphatic carbocycles. The van der Waals surface area contributed by atoms with Gasteiger partial charge in [0, 0.05) is 33.1 Å². The molecule has 1 saturated heterocycles. The van der Waals surface area contributed by atoms with Gasteiger partial charge in [0.25, 0.3) is 5.91 Å². The van der Waals surface area contributed by atoms with Gasteiger partial charge in [0.05, 0.1) is 18.5 Å². The second-order valence-corrected chi connectivity index (χ2v) is 10.1. The molecule has 0 spiro atoms. The minimum absolute atomic E-state index is 0.143. The van der Waals surface area contributed by atoms with Crippen molar-refractivity contribution in [2.45, 2.75) is 51.4 Å². The highest BCUT2D eigenvalue weighted by atomic mass is 16.5. The SMILES string of the molecule is C[C@@H]1NC(=O)C[C@@H](C(=O)NCc2ccc(CN3CCCC3=O)cc2)NC(=O)c2ccccc2OCCN(C)C1=O. The van der Waals surface area contributed by atoms with Crippen molar-refractivity contribution in [3.63, 3.8) is 0 Å². The fourth-order valence-electron chi connectivity index (χ4n) is 4.67. The van der Waals surface area contributed by atoms with E-state index in [1.165, 1.54) is 4.90 Å². The molecule has 4 rings (SSSR count). The Kier molecular flexibility index (Phi) is 9.36. The second kappa shape index (κ2) is 13.1. The minimum atomic E-state index is -1.19. The number of benzene rings is 2. The standard InChI is InChI=1S/C29H35N5O6/c1-19-29(39)33(2)14-15-40-24-7-4-3-6-22(24)27(37)32-23(16-25(35)31-19)28(38)30-17-20-9-11-21(12-10-20)18-34-13-5-8-26(34)36/h3-4,6-7,9-12,19,23H,5,8,13-18H2,1-2H3,(H,30,38)(H,31,35)(H,32,37)/t19-,23-/m0/s1. The topological polar surface area (TPSA) is 137 Å². The van der Waals surface area contributed by atoms with Crippen molar-refractivity contribution in [2.24, 2.45) is 0 Å². The average molecular weight is 550 g/mol.